The predicted octanol–water partition coefficient (Wildman–Crippen LogP) is 2.83. The van der Waals surface area contributed by atoms with Crippen LogP contribution in [0, 0.1) is 6.92 Å². The van der Waals surface area contributed by atoms with Crippen molar-refractivity contribution in [3.05, 3.63) is 30.0 Å². The van der Waals surface area contributed by atoms with E-state index in [0.717, 1.165) is 5.52 Å². The van der Waals surface area contributed by atoms with Gasteiger partial charge in [-0.1, -0.05) is 12.1 Å². The molecule has 0 fully saturated rings. The third kappa shape index (κ3) is 2.84. The lowest BCUT2D eigenvalue weighted by molar-refractivity contribution is 0.229. The van der Waals surface area contributed by atoms with Gasteiger partial charge in [0.05, 0.1) is 29.9 Å². The zero-order valence-electron chi connectivity index (χ0n) is 11.3. The van der Waals surface area contributed by atoms with Gasteiger partial charge >= 0.3 is 7.60 Å². The fourth-order valence-corrected chi connectivity index (χ4v) is 3.51. The molecule has 0 amide bonds. The standard InChI is InChI=1S/C13H17N2O3P/c1-4-17-19(16,18-5-2)13-10(3)14-11-8-6-7-9-12(11)15-13/h6-9H,4-5H2,1-3H3. The van der Waals surface area contributed by atoms with Crippen LogP contribution in [0.15, 0.2) is 24.3 Å². The molecule has 1 heterocycles. The zero-order valence-corrected chi connectivity index (χ0v) is 12.2. The molecule has 0 atom stereocenters. The number of hydrogen-bond donors (Lipinski definition) is 0. The first-order valence-electron chi connectivity index (χ1n) is 6.23. The first-order valence-corrected chi connectivity index (χ1v) is 7.78. The molecule has 0 N–H and O–H groups in total. The molecule has 0 radical (unpaired) electrons. The molecule has 0 unspecified atom stereocenters. The van der Waals surface area contributed by atoms with E-state index in [2.05, 4.69) is 9.97 Å². The van der Waals surface area contributed by atoms with Crippen LogP contribution < -0.4 is 5.44 Å². The smallest absolute Gasteiger partial charge is 0.304 e. The molecular weight excluding hydrogens is 263 g/mol. The minimum absolute atomic E-state index is 0.297. The summed E-state index contributed by atoms with van der Waals surface area (Å²) in [6.07, 6.45) is 0. The number of para-hydroxylation sites is 2. The fourth-order valence-electron chi connectivity index (χ4n) is 1.84. The van der Waals surface area contributed by atoms with Gasteiger partial charge in [-0.05, 0) is 32.9 Å². The average Bonchev–Trinajstić information content (AvgIpc) is 2.38. The highest BCUT2D eigenvalue weighted by Crippen LogP contribution is 2.46. The van der Waals surface area contributed by atoms with E-state index in [0.29, 0.717) is 29.9 Å². The molecule has 0 spiro atoms. The lowest BCUT2D eigenvalue weighted by Gasteiger charge is -2.17. The highest BCUT2D eigenvalue weighted by Gasteiger charge is 2.31. The van der Waals surface area contributed by atoms with Gasteiger partial charge in [0.15, 0.2) is 5.44 Å². The molecule has 0 bridgehead atoms. The molecule has 0 aliphatic rings. The highest BCUT2D eigenvalue weighted by molar-refractivity contribution is 7.62. The Morgan fingerprint density at radius 3 is 2.11 bits per heavy atom. The van der Waals surface area contributed by atoms with Crippen LogP contribution in [-0.4, -0.2) is 23.2 Å². The fraction of sp³-hybridized carbons (Fsp3) is 0.385. The van der Waals surface area contributed by atoms with Crippen LogP contribution in [0.1, 0.15) is 19.5 Å². The van der Waals surface area contributed by atoms with Crippen molar-refractivity contribution in [2.24, 2.45) is 0 Å². The normalized spacial score (nSPS) is 11.9. The molecule has 1 aromatic carbocycles. The minimum atomic E-state index is -3.39. The van der Waals surface area contributed by atoms with Crippen molar-refractivity contribution in [3.8, 4) is 0 Å². The third-order valence-corrected chi connectivity index (χ3v) is 4.72. The Morgan fingerprint density at radius 1 is 1.05 bits per heavy atom. The predicted molar refractivity (Wildman–Crippen MR) is 74.8 cm³/mol. The number of rotatable bonds is 5. The van der Waals surface area contributed by atoms with Crippen molar-refractivity contribution in [1.82, 2.24) is 9.97 Å². The average molecular weight is 280 g/mol. The number of aromatic nitrogens is 2. The molecule has 5 nitrogen and oxygen atoms in total. The van der Waals surface area contributed by atoms with Gasteiger partial charge in [-0.15, -0.1) is 0 Å². The maximum absolute atomic E-state index is 12.7. The SMILES string of the molecule is CCOP(=O)(OCC)c1nc2ccccc2nc1C. The molecule has 0 saturated heterocycles. The molecular formula is C13H17N2O3P. The van der Waals surface area contributed by atoms with E-state index in [1.165, 1.54) is 0 Å². The number of fused-ring (bicyclic) bond motifs is 1. The highest BCUT2D eigenvalue weighted by atomic mass is 31.2. The van der Waals surface area contributed by atoms with Crippen LogP contribution in [0.3, 0.4) is 0 Å². The number of nitrogens with zero attached hydrogens (tertiary/aromatic N) is 2. The molecule has 0 saturated carbocycles. The van der Waals surface area contributed by atoms with E-state index in [9.17, 15) is 4.57 Å². The van der Waals surface area contributed by atoms with Crippen LogP contribution in [0.5, 0.6) is 0 Å². The van der Waals surface area contributed by atoms with Gasteiger partial charge in [0, 0.05) is 0 Å². The Morgan fingerprint density at radius 2 is 1.58 bits per heavy atom. The first kappa shape index (κ1) is 14.1. The number of hydrogen-bond acceptors (Lipinski definition) is 5. The first-order chi connectivity index (χ1) is 9.10. The maximum Gasteiger partial charge on any atom is 0.381 e. The summed E-state index contributed by atoms with van der Waals surface area (Å²) in [7, 11) is -3.39. The van der Waals surface area contributed by atoms with E-state index in [1.807, 2.05) is 24.3 Å². The summed E-state index contributed by atoms with van der Waals surface area (Å²) in [5.74, 6) is 0. The van der Waals surface area contributed by atoms with E-state index in [4.69, 9.17) is 9.05 Å². The van der Waals surface area contributed by atoms with Gasteiger partial charge in [0.2, 0.25) is 0 Å². The van der Waals surface area contributed by atoms with Gasteiger partial charge in [0.25, 0.3) is 0 Å². The van der Waals surface area contributed by atoms with E-state index in [1.54, 1.807) is 20.8 Å². The van der Waals surface area contributed by atoms with Gasteiger partial charge in [0.1, 0.15) is 0 Å². The molecule has 102 valence electrons. The van der Waals surface area contributed by atoms with Crippen molar-refractivity contribution in [2.45, 2.75) is 20.8 Å². The second-order valence-electron chi connectivity index (χ2n) is 3.95. The van der Waals surface area contributed by atoms with Crippen LogP contribution in [0.2, 0.25) is 0 Å². The summed E-state index contributed by atoms with van der Waals surface area (Å²) in [6.45, 7) is 5.90. The molecule has 2 aromatic rings. The van der Waals surface area contributed by atoms with Crippen LogP contribution in [0.25, 0.3) is 11.0 Å². The zero-order chi connectivity index (χ0) is 13.9. The Labute approximate surface area is 112 Å². The lowest BCUT2D eigenvalue weighted by Crippen LogP contribution is -2.19. The van der Waals surface area contributed by atoms with Crippen molar-refractivity contribution < 1.29 is 13.6 Å². The van der Waals surface area contributed by atoms with Gasteiger partial charge in [-0.3, -0.25) is 4.57 Å². The Balaban J connectivity index is 2.59. The van der Waals surface area contributed by atoms with E-state index < -0.39 is 7.60 Å². The minimum Gasteiger partial charge on any atom is -0.304 e. The molecule has 0 aliphatic carbocycles. The summed E-state index contributed by atoms with van der Waals surface area (Å²) in [4.78, 5) is 8.82. The van der Waals surface area contributed by atoms with Crippen molar-refractivity contribution in [2.75, 3.05) is 13.2 Å². The van der Waals surface area contributed by atoms with E-state index >= 15 is 0 Å². The van der Waals surface area contributed by atoms with E-state index in [-0.39, 0.29) is 0 Å². The van der Waals surface area contributed by atoms with Crippen molar-refractivity contribution >= 4 is 24.1 Å². The van der Waals surface area contributed by atoms with Gasteiger partial charge < -0.3 is 9.05 Å². The molecule has 6 heteroatoms. The Kier molecular flexibility index (Phi) is 4.30. The van der Waals surface area contributed by atoms with Gasteiger partial charge in [-0.25, -0.2) is 9.97 Å². The van der Waals surface area contributed by atoms with Crippen LogP contribution in [0.4, 0.5) is 0 Å². The summed E-state index contributed by atoms with van der Waals surface area (Å²) < 4.78 is 23.4. The maximum atomic E-state index is 12.7. The summed E-state index contributed by atoms with van der Waals surface area (Å²) in [6, 6.07) is 7.45. The molecule has 19 heavy (non-hydrogen) atoms. The second kappa shape index (κ2) is 5.78. The Hall–Kier alpha value is -1.29. The topological polar surface area (TPSA) is 61.3 Å². The lowest BCUT2D eigenvalue weighted by atomic mass is 10.3. The summed E-state index contributed by atoms with van der Waals surface area (Å²) in [5.41, 5.74) is 2.32. The number of benzene rings is 1. The monoisotopic (exact) mass is 280 g/mol. The summed E-state index contributed by atoms with van der Waals surface area (Å²) in [5, 5.41) is 0. The Bertz CT molecular complexity index is 620. The van der Waals surface area contributed by atoms with Gasteiger partial charge in [-0.2, -0.15) is 0 Å². The molecule has 1 aromatic heterocycles. The third-order valence-electron chi connectivity index (χ3n) is 2.58. The van der Waals surface area contributed by atoms with Crippen molar-refractivity contribution in [1.29, 1.82) is 0 Å². The number of aryl methyl sites for hydroxylation is 1. The molecule has 0 aliphatic heterocycles. The van der Waals surface area contributed by atoms with Crippen LogP contribution in [-0.2, 0) is 13.6 Å². The van der Waals surface area contributed by atoms with Crippen molar-refractivity contribution in [3.63, 3.8) is 0 Å². The quantitative estimate of drug-likeness (QED) is 0.788. The molecule has 2 rings (SSSR count). The largest absolute Gasteiger partial charge is 0.381 e. The second-order valence-corrected chi connectivity index (χ2v) is 5.89. The summed E-state index contributed by atoms with van der Waals surface area (Å²) >= 11 is 0. The van der Waals surface area contributed by atoms with Crippen LogP contribution >= 0.6 is 7.60 Å².